The average molecular weight is 794 g/mol. The number of nitriles is 1. The van der Waals surface area contributed by atoms with E-state index in [2.05, 4.69) is 54.6 Å². The van der Waals surface area contributed by atoms with Crippen molar-refractivity contribution in [2.45, 2.75) is 0 Å². The summed E-state index contributed by atoms with van der Waals surface area (Å²) in [5.41, 5.74) is 11.2. The predicted molar refractivity (Wildman–Crippen MR) is 247 cm³/mol. The summed E-state index contributed by atoms with van der Waals surface area (Å²) >= 11 is 0. The minimum atomic E-state index is 0.471. The molecule has 0 aliphatic carbocycles. The van der Waals surface area contributed by atoms with Gasteiger partial charge in [-0.3, -0.25) is 0 Å². The van der Waals surface area contributed by atoms with Crippen molar-refractivity contribution in [2.24, 2.45) is 0 Å². The van der Waals surface area contributed by atoms with Crippen LogP contribution >= 0.6 is 0 Å². The van der Waals surface area contributed by atoms with Crippen LogP contribution < -0.4 is 0 Å². The summed E-state index contributed by atoms with van der Waals surface area (Å²) in [6.45, 7) is 0. The standard InChI is InChI=1S/C55H35N7/c56-36-44-26-13-14-30-46(44)47-33-32-42(45-29-15-16-31-48(45)54-59-50(38-20-7-2-8-21-38)57-51(60-54)39-22-9-3-10-23-39)35-49(47)55-61-52(40-24-11-4-12-25-40)58-53(62-55)43-28-17-27-41(34-43)37-18-5-1-6-19-37/h1-35H. The summed E-state index contributed by atoms with van der Waals surface area (Å²) in [4.78, 5) is 30.6. The van der Waals surface area contributed by atoms with E-state index in [1.165, 1.54) is 0 Å². The van der Waals surface area contributed by atoms with Crippen LogP contribution in [-0.4, -0.2) is 29.9 Å². The number of rotatable bonds is 9. The van der Waals surface area contributed by atoms with Crippen molar-refractivity contribution in [3.63, 3.8) is 0 Å². The lowest BCUT2D eigenvalue weighted by molar-refractivity contribution is 1.07. The molecule has 0 fully saturated rings. The van der Waals surface area contributed by atoms with Gasteiger partial charge in [0, 0.05) is 38.9 Å². The van der Waals surface area contributed by atoms with Crippen LogP contribution in [0.2, 0.25) is 0 Å². The minimum Gasteiger partial charge on any atom is -0.208 e. The Labute approximate surface area is 359 Å². The number of aromatic nitrogens is 6. The van der Waals surface area contributed by atoms with Gasteiger partial charge in [-0.1, -0.05) is 194 Å². The Hall–Kier alpha value is -8.73. The second-order valence-corrected chi connectivity index (χ2v) is 14.6. The molecule has 0 amide bonds. The predicted octanol–water partition coefficient (Wildman–Crippen LogP) is 12.9. The maximum atomic E-state index is 10.3. The summed E-state index contributed by atoms with van der Waals surface area (Å²) in [5.74, 6) is 3.24. The van der Waals surface area contributed by atoms with Crippen molar-refractivity contribution in [1.29, 1.82) is 5.26 Å². The summed E-state index contributed by atoms with van der Waals surface area (Å²) < 4.78 is 0. The van der Waals surface area contributed by atoms with Crippen LogP contribution in [0.3, 0.4) is 0 Å². The molecule has 290 valence electrons. The van der Waals surface area contributed by atoms with Crippen molar-refractivity contribution in [3.8, 4) is 108 Å². The number of nitrogens with zero attached hydrogens (tertiary/aromatic N) is 7. The molecule has 7 heteroatoms. The van der Waals surface area contributed by atoms with Gasteiger partial charge in [0.05, 0.1) is 11.6 Å². The Kier molecular flexibility index (Phi) is 10.2. The molecule has 8 aromatic carbocycles. The molecule has 0 spiro atoms. The van der Waals surface area contributed by atoms with E-state index in [0.29, 0.717) is 40.5 Å². The van der Waals surface area contributed by atoms with E-state index in [9.17, 15) is 5.26 Å². The lowest BCUT2D eigenvalue weighted by atomic mass is 9.90. The van der Waals surface area contributed by atoms with Gasteiger partial charge >= 0.3 is 0 Å². The molecular weight excluding hydrogens is 759 g/mol. The van der Waals surface area contributed by atoms with Gasteiger partial charge in [-0.05, 0) is 46.0 Å². The average Bonchev–Trinajstić information content (AvgIpc) is 3.37. The van der Waals surface area contributed by atoms with Gasteiger partial charge in [0.25, 0.3) is 0 Å². The maximum absolute atomic E-state index is 10.3. The van der Waals surface area contributed by atoms with Crippen LogP contribution in [0, 0.1) is 11.3 Å². The van der Waals surface area contributed by atoms with Gasteiger partial charge in [0.15, 0.2) is 34.9 Å². The van der Waals surface area contributed by atoms with Crippen LogP contribution in [0.4, 0.5) is 0 Å². The Morgan fingerprint density at radius 2 is 0.645 bits per heavy atom. The zero-order valence-electron chi connectivity index (χ0n) is 33.3. The van der Waals surface area contributed by atoms with E-state index in [1.54, 1.807) is 0 Å². The fourth-order valence-corrected chi connectivity index (χ4v) is 7.62. The Balaban J connectivity index is 1.19. The molecule has 62 heavy (non-hydrogen) atoms. The lowest BCUT2D eigenvalue weighted by Gasteiger charge is -2.16. The lowest BCUT2D eigenvalue weighted by Crippen LogP contribution is -2.02. The van der Waals surface area contributed by atoms with Crippen molar-refractivity contribution < 1.29 is 0 Å². The van der Waals surface area contributed by atoms with Crippen molar-refractivity contribution in [1.82, 2.24) is 29.9 Å². The van der Waals surface area contributed by atoms with Gasteiger partial charge in [-0.25, -0.2) is 29.9 Å². The molecule has 0 saturated heterocycles. The molecule has 0 bridgehead atoms. The van der Waals surface area contributed by atoms with E-state index in [0.717, 1.165) is 66.8 Å². The quantitative estimate of drug-likeness (QED) is 0.143. The van der Waals surface area contributed by atoms with E-state index < -0.39 is 0 Å². The van der Waals surface area contributed by atoms with Crippen LogP contribution in [0.5, 0.6) is 0 Å². The smallest absolute Gasteiger partial charge is 0.164 e. The van der Waals surface area contributed by atoms with Crippen LogP contribution in [-0.2, 0) is 0 Å². The van der Waals surface area contributed by atoms with Gasteiger partial charge < -0.3 is 0 Å². The monoisotopic (exact) mass is 793 g/mol. The summed E-state index contributed by atoms with van der Waals surface area (Å²) in [7, 11) is 0. The number of benzene rings is 8. The molecule has 0 aliphatic rings. The summed E-state index contributed by atoms with van der Waals surface area (Å²) in [5, 5.41) is 10.3. The van der Waals surface area contributed by atoms with Gasteiger partial charge in [-0.2, -0.15) is 5.26 Å². The molecule has 7 nitrogen and oxygen atoms in total. The van der Waals surface area contributed by atoms with E-state index in [1.807, 2.05) is 164 Å². The first-order valence-corrected chi connectivity index (χ1v) is 20.3. The minimum absolute atomic E-state index is 0.471. The van der Waals surface area contributed by atoms with Crippen molar-refractivity contribution in [3.05, 3.63) is 218 Å². The highest BCUT2D eigenvalue weighted by atomic mass is 15.0. The highest BCUT2D eigenvalue weighted by molar-refractivity contribution is 5.90. The second kappa shape index (κ2) is 16.9. The highest BCUT2D eigenvalue weighted by Crippen LogP contribution is 2.40. The third-order valence-electron chi connectivity index (χ3n) is 10.7. The SMILES string of the molecule is N#Cc1ccccc1-c1ccc(-c2ccccc2-c2nc(-c3ccccc3)nc(-c3ccccc3)n2)cc1-c1nc(-c2ccccc2)nc(-c2cccc(-c3ccccc3)c2)n1. The Morgan fingerprint density at radius 1 is 0.242 bits per heavy atom. The topological polar surface area (TPSA) is 101 Å². The molecular formula is C55H35N7. The van der Waals surface area contributed by atoms with Crippen LogP contribution in [0.15, 0.2) is 212 Å². The van der Waals surface area contributed by atoms with E-state index in [4.69, 9.17) is 29.9 Å². The van der Waals surface area contributed by atoms with Crippen LogP contribution in [0.1, 0.15) is 5.56 Å². The zero-order valence-corrected chi connectivity index (χ0v) is 33.3. The zero-order chi connectivity index (χ0) is 41.7. The molecule has 10 rings (SSSR count). The van der Waals surface area contributed by atoms with Gasteiger partial charge in [0.2, 0.25) is 0 Å². The summed E-state index contributed by atoms with van der Waals surface area (Å²) in [6.07, 6.45) is 0. The Bertz CT molecular complexity index is 3180. The molecule has 0 N–H and O–H groups in total. The fraction of sp³-hybridized carbons (Fsp3) is 0. The molecule has 0 radical (unpaired) electrons. The second-order valence-electron chi connectivity index (χ2n) is 14.6. The molecule has 2 aromatic heterocycles. The number of hydrogen-bond acceptors (Lipinski definition) is 7. The third-order valence-corrected chi connectivity index (χ3v) is 10.7. The first-order chi connectivity index (χ1) is 30.7. The normalized spacial score (nSPS) is 10.9. The van der Waals surface area contributed by atoms with Crippen molar-refractivity contribution >= 4 is 0 Å². The third kappa shape index (κ3) is 7.63. The highest BCUT2D eigenvalue weighted by Gasteiger charge is 2.21. The van der Waals surface area contributed by atoms with Crippen LogP contribution in [0.25, 0.3) is 102 Å². The fourth-order valence-electron chi connectivity index (χ4n) is 7.62. The number of hydrogen-bond donors (Lipinski definition) is 0. The maximum Gasteiger partial charge on any atom is 0.164 e. The summed E-state index contributed by atoms with van der Waals surface area (Å²) in [6, 6.07) is 72.8. The molecule has 0 atom stereocenters. The molecule has 0 unspecified atom stereocenters. The first-order valence-electron chi connectivity index (χ1n) is 20.3. The molecule has 10 aromatic rings. The van der Waals surface area contributed by atoms with Crippen molar-refractivity contribution in [2.75, 3.05) is 0 Å². The van der Waals surface area contributed by atoms with Gasteiger partial charge in [-0.15, -0.1) is 0 Å². The van der Waals surface area contributed by atoms with Gasteiger partial charge in [0.1, 0.15) is 0 Å². The Morgan fingerprint density at radius 3 is 1.19 bits per heavy atom. The first kappa shape index (κ1) is 37.5. The molecule has 0 saturated carbocycles. The molecule has 2 heterocycles. The van der Waals surface area contributed by atoms with E-state index in [-0.39, 0.29) is 0 Å². The molecule has 0 aliphatic heterocycles. The van der Waals surface area contributed by atoms with E-state index >= 15 is 0 Å². The largest absolute Gasteiger partial charge is 0.208 e.